The average molecular weight is 509 g/mol. The van der Waals surface area contributed by atoms with E-state index in [0.29, 0.717) is 37.8 Å². The van der Waals surface area contributed by atoms with Gasteiger partial charge >= 0.3 is 23.8 Å². The molecule has 2 aromatic heterocycles. The third-order valence-corrected chi connectivity index (χ3v) is 5.44. The minimum absolute atomic E-state index is 0.00449. The molecule has 0 radical (unpaired) electrons. The highest BCUT2D eigenvalue weighted by atomic mass is 19.2. The number of carbonyl (C=O) groups is 2. The normalized spacial score (nSPS) is 17.4. The number of esters is 1. The molecular formula is C22H19F4N5O5. The minimum Gasteiger partial charge on any atom is -0.474 e. The van der Waals surface area contributed by atoms with Crippen LogP contribution in [0.4, 0.5) is 35.0 Å². The van der Waals surface area contributed by atoms with Gasteiger partial charge in [0.25, 0.3) is 0 Å². The number of pyridine rings is 1. The summed E-state index contributed by atoms with van der Waals surface area (Å²) in [7, 11) is 1.34. The molecule has 0 aliphatic heterocycles. The van der Waals surface area contributed by atoms with E-state index < -0.39 is 46.9 Å². The first-order valence-electron chi connectivity index (χ1n) is 10.7. The Bertz CT molecular complexity index is 1280. The summed E-state index contributed by atoms with van der Waals surface area (Å²) in [5.41, 5.74) is -0.810. The lowest BCUT2D eigenvalue weighted by atomic mass is 9.87. The number of methoxy groups -OCH3 is 1. The second-order valence-electron chi connectivity index (χ2n) is 7.84. The third-order valence-electron chi connectivity index (χ3n) is 5.44. The van der Waals surface area contributed by atoms with E-state index in [0.717, 1.165) is 0 Å². The molecule has 1 aliphatic rings. The molecule has 2 heterocycles. The maximum atomic E-state index is 14.4. The number of rotatable bonds is 7. The molecule has 36 heavy (non-hydrogen) atoms. The lowest BCUT2D eigenvalue weighted by molar-refractivity contribution is -0.147. The van der Waals surface area contributed by atoms with Gasteiger partial charge in [0.05, 0.1) is 24.4 Å². The number of nitrogens with one attached hydrogen (secondary N) is 2. The van der Waals surface area contributed by atoms with E-state index in [9.17, 15) is 27.2 Å². The SMILES string of the molecule is COC(=O)[C@H]1CC[C@@H](Oc2ccc(NC(=O)c3nnc(Nc4cc(F)c(F)cc4F)o3)c(F)n2)CC1. The van der Waals surface area contributed by atoms with Crippen molar-refractivity contribution >= 4 is 29.3 Å². The van der Waals surface area contributed by atoms with Crippen LogP contribution in [0, 0.1) is 29.3 Å². The Morgan fingerprint density at radius 2 is 1.69 bits per heavy atom. The molecule has 4 rings (SSSR count). The number of aromatic nitrogens is 3. The fourth-order valence-corrected chi connectivity index (χ4v) is 3.61. The van der Waals surface area contributed by atoms with Gasteiger partial charge in [-0.1, -0.05) is 5.10 Å². The van der Waals surface area contributed by atoms with Crippen LogP contribution in [0.5, 0.6) is 5.88 Å². The molecule has 1 fully saturated rings. The van der Waals surface area contributed by atoms with Crippen LogP contribution in [0.3, 0.4) is 0 Å². The van der Waals surface area contributed by atoms with E-state index in [2.05, 4.69) is 25.8 Å². The Morgan fingerprint density at radius 3 is 2.39 bits per heavy atom. The fourth-order valence-electron chi connectivity index (χ4n) is 3.61. The predicted octanol–water partition coefficient (Wildman–Crippen LogP) is 4.13. The van der Waals surface area contributed by atoms with Crippen LogP contribution < -0.4 is 15.4 Å². The molecule has 1 aliphatic carbocycles. The molecule has 0 spiro atoms. The van der Waals surface area contributed by atoms with Crippen molar-refractivity contribution in [1.29, 1.82) is 0 Å². The van der Waals surface area contributed by atoms with Crippen molar-refractivity contribution in [2.75, 3.05) is 17.7 Å². The van der Waals surface area contributed by atoms with Gasteiger partial charge < -0.3 is 24.5 Å². The number of amides is 1. The highest BCUT2D eigenvalue weighted by Gasteiger charge is 2.28. The number of hydrogen-bond acceptors (Lipinski definition) is 9. The van der Waals surface area contributed by atoms with E-state index >= 15 is 0 Å². The lowest BCUT2D eigenvalue weighted by Gasteiger charge is -2.27. The van der Waals surface area contributed by atoms with Crippen molar-refractivity contribution in [1.82, 2.24) is 15.2 Å². The van der Waals surface area contributed by atoms with Gasteiger partial charge in [0.2, 0.25) is 11.8 Å². The first kappa shape index (κ1) is 24.9. The number of ether oxygens (including phenoxy) is 2. The summed E-state index contributed by atoms with van der Waals surface area (Å²) in [6, 6.07) is 2.94. The Labute approximate surface area is 201 Å². The quantitative estimate of drug-likeness (QED) is 0.209. The van der Waals surface area contributed by atoms with Gasteiger partial charge in [-0.3, -0.25) is 9.59 Å². The number of benzene rings is 1. The molecule has 2 N–H and O–H groups in total. The van der Waals surface area contributed by atoms with Crippen LogP contribution in [0.2, 0.25) is 0 Å². The van der Waals surface area contributed by atoms with Gasteiger partial charge in [0.1, 0.15) is 11.9 Å². The Kier molecular flexibility index (Phi) is 7.31. The van der Waals surface area contributed by atoms with Crippen LogP contribution in [0.1, 0.15) is 36.4 Å². The van der Waals surface area contributed by atoms with E-state index in [1.807, 2.05) is 0 Å². The number of carbonyl (C=O) groups excluding carboxylic acids is 2. The molecule has 0 atom stereocenters. The topological polar surface area (TPSA) is 128 Å². The largest absolute Gasteiger partial charge is 0.474 e. The molecular weight excluding hydrogens is 490 g/mol. The van der Waals surface area contributed by atoms with Crippen LogP contribution in [-0.2, 0) is 9.53 Å². The smallest absolute Gasteiger partial charge is 0.320 e. The first-order chi connectivity index (χ1) is 17.2. The van der Waals surface area contributed by atoms with Gasteiger partial charge in [-0.15, -0.1) is 5.10 Å². The standard InChI is InChI=1S/C22H19F4N5O5/c1-34-21(33)10-2-4-11(5-3-10)35-17-7-6-15(18(26)29-17)27-19(32)20-30-31-22(36-20)28-16-9-13(24)12(23)8-14(16)25/h6-11H,2-5H2,1H3,(H,27,32)(H,28,31)/t10-,11+. The Balaban J connectivity index is 1.34. The molecule has 3 aromatic rings. The molecule has 1 saturated carbocycles. The summed E-state index contributed by atoms with van der Waals surface area (Å²) in [5, 5.41) is 11.3. The summed E-state index contributed by atoms with van der Waals surface area (Å²) < 4.78 is 70.0. The van der Waals surface area contributed by atoms with Gasteiger partial charge in [-0.2, -0.15) is 9.37 Å². The monoisotopic (exact) mass is 509 g/mol. The van der Waals surface area contributed by atoms with Crippen molar-refractivity contribution in [3.63, 3.8) is 0 Å². The molecule has 190 valence electrons. The average Bonchev–Trinajstić information content (AvgIpc) is 3.33. The second kappa shape index (κ2) is 10.6. The molecule has 14 heteroatoms. The van der Waals surface area contributed by atoms with Gasteiger partial charge in [0.15, 0.2) is 11.6 Å². The van der Waals surface area contributed by atoms with E-state index in [4.69, 9.17) is 13.9 Å². The number of anilines is 3. The molecule has 0 unspecified atom stereocenters. The lowest BCUT2D eigenvalue weighted by Crippen LogP contribution is -2.28. The predicted molar refractivity (Wildman–Crippen MR) is 114 cm³/mol. The number of halogens is 4. The van der Waals surface area contributed by atoms with Gasteiger partial charge in [-0.25, -0.2) is 13.2 Å². The summed E-state index contributed by atoms with van der Waals surface area (Å²) >= 11 is 0. The summed E-state index contributed by atoms with van der Waals surface area (Å²) in [6.07, 6.45) is 2.06. The van der Waals surface area contributed by atoms with E-state index in [-0.39, 0.29) is 29.6 Å². The Morgan fingerprint density at radius 1 is 0.972 bits per heavy atom. The van der Waals surface area contributed by atoms with Crippen molar-refractivity contribution in [3.05, 3.63) is 53.6 Å². The minimum atomic E-state index is -1.39. The van der Waals surface area contributed by atoms with Crippen LogP contribution >= 0.6 is 0 Å². The molecule has 1 aromatic carbocycles. The Hall–Kier alpha value is -4.23. The van der Waals surface area contributed by atoms with Crippen LogP contribution in [-0.4, -0.2) is 40.3 Å². The number of nitrogens with zero attached hydrogens (tertiary/aromatic N) is 3. The van der Waals surface area contributed by atoms with Gasteiger partial charge in [0, 0.05) is 18.2 Å². The maximum Gasteiger partial charge on any atom is 0.320 e. The maximum absolute atomic E-state index is 14.4. The van der Waals surface area contributed by atoms with Gasteiger partial charge in [-0.05, 0) is 31.7 Å². The number of hydrogen-bond donors (Lipinski definition) is 2. The van der Waals surface area contributed by atoms with Crippen molar-refractivity contribution < 1.29 is 41.0 Å². The van der Waals surface area contributed by atoms with Crippen molar-refractivity contribution in [3.8, 4) is 5.88 Å². The molecule has 1 amide bonds. The van der Waals surface area contributed by atoms with Crippen LogP contribution in [0.25, 0.3) is 0 Å². The third kappa shape index (κ3) is 5.70. The summed E-state index contributed by atoms with van der Waals surface area (Å²) in [4.78, 5) is 27.6. The fraction of sp³-hybridized carbons (Fsp3) is 0.318. The zero-order valence-electron chi connectivity index (χ0n) is 18.7. The van der Waals surface area contributed by atoms with Crippen molar-refractivity contribution in [2.45, 2.75) is 31.8 Å². The second-order valence-corrected chi connectivity index (χ2v) is 7.84. The molecule has 0 bridgehead atoms. The highest BCUT2D eigenvalue weighted by Crippen LogP contribution is 2.29. The zero-order chi connectivity index (χ0) is 25.8. The first-order valence-corrected chi connectivity index (χ1v) is 10.7. The summed E-state index contributed by atoms with van der Waals surface area (Å²) in [6.45, 7) is 0. The zero-order valence-corrected chi connectivity index (χ0v) is 18.7. The molecule has 10 nitrogen and oxygen atoms in total. The van der Waals surface area contributed by atoms with Crippen LogP contribution in [0.15, 0.2) is 28.7 Å². The molecule has 0 saturated heterocycles. The summed E-state index contributed by atoms with van der Waals surface area (Å²) in [5.74, 6) is -6.95. The van der Waals surface area contributed by atoms with E-state index in [1.165, 1.54) is 19.2 Å². The van der Waals surface area contributed by atoms with E-state index in [1.54, 1.807) is 0 Å². The van der Waals surface area contributed by atoms with Crippen molar-refractivity contribution in [2.24, 2.45) is 5.92 Å². The highest BCUT2D eigenvalue weighted by molar-refractivity contribution is 6.00.